The van der Waals surface area contributed by atoms with E-state index >= 15 is 4.39 Å². The molecule has 3 aromatic rings. The van der Waals surface area contributed by atoms with Crippen molar-refractivity contribution in [1.82, 2.24) is 14.9 Å². The summed E-state index contributed by atoms with van der Waals surface area (Å²) in [5, 5.41) is 15.3. The summed E-state index contributed by atoms with van der Waals surface area (Å²) in [5.74, 6) is -0.479. The Morgan fingerprint density at radius 1 is 1.25 bits per heavy atom. The largest absolute Gasteiger partial charge is 0.458 e. The van der Waals surface area contributed by atoms with Gasteiger partial charge in [0.05, 0.1) is 29.0 Å². The minimum absolute atomic E-state index is 0.0660. The van der Waals surface area contributed by atoms with Gasteiger partial charge in [0.2, 0.25) is 0 Å². The molecule has 2 atom stereocenters. The molecule has 0 saturated carbocycles. The van der Waals surface area contributed by atoms with E-state index in [2.05, 4.69) is 5.32 Å². The lowest BCUT2D eigenvalue weighted by atomic mass is 9.76. The molecule has 1 aliphatic carbocycles. The molecule has 1 fully saturated rings. The van der Waals surface area contributed by atoms with Gasteiger partial charge in [-0.2, -0.15) is 0 Å². The fraction of sp³-hybridized carbons (Fsp3) is 0.484. The van der Waals surface area contributed by atoms with Crippen molar-refractivity contribution in [3.8, 4) is 11.4 Å². The predicted octanol–water partition coefficient (Wildman–Crippen LogP) is 3.52. The van der Waals surface area contributed by atoms with E-state index in [1.165, 1.54) is 6.07 Å². The summed E-state index contributed by atoms with van der Waals surface area (Å²) in [6, 6.07) is 3.18. The number of hydrogen-bond donors (Lipinski definition) is 2. The number of cyclic esters (lactones) is 1. The normalized spacial score (nSPS) is 22.9. The summed E-state index contributed by atoms with van der Waals surface area (Å²) >= 11 is 0. The molecule has 5 heterocycles. The monoisotopic (exact) mass is 545 g/mol. The van der Waals surface area contributed by atoms with E-state index in [4.69, 9.17) is 9.72 Å². The van der Waals surface area contributed by atoms with E-state index in [0.717, 1.165) is 60.8 Å². The highest BCUT2D eigenvalue weighted by Crippen LogP contribution is 2.47. The molecular weight excluding hydrogens is 513 g/mol. The van der Waals surface area contributed by atoms with Crippen molar-refractivity contribution in [3.63, 3.8) is 0 Å². The Bertz CT molecular complexity index is 1690. The van der Waals surface area contributed by atoms with Crippen LogP contribution in [0.5, 0.6) is 0 Å². The number of aromatic nitrogens is 2. The van der Waals surface area contributed by atoms with E-state index in [0.29, 0.717) is 41.2 Å². The molecule has 0 spiro atoms. The van der Waals surface area contributed by atoms with Crippen molar-refractivity contribution in [2.45, 2.75) is 77.0 Å². The number of halogens is 1. The number of ketones is 1. The first-order chi connectivity index (χ1) is 19.2. The number of nitrogens with zero attached hydrogens (tertiary/aromatic N) is 2. The summed E-state index contributed by atoms with van der Waals surface area (Å²) in [5.41, 5.74) is 3.64. The number of ether oxygens (including phenoxy) is 1. The topological polar surface area (TPSA) is 111 Å². The number of rotatable bonds is 6. The number of esters is 1. The number of nitrogens with one attached hydrogen (secondary N) is 1. The molecule has 2 N–H and O–H groups in total. The maximum Gasteiger partial charge on any atom is 0.343 e. The molecule has 1 aromatic carbocycles. The van der Waals surface area contributed by atoms with Crippen LogP contribution in [-0.4, -0.2) is 39.5 Å². The summed E-state index contributed by atoms with van der Waals surface area (Å²) in [7, 11) is 0. The molecule has 9 heteroatoms. The predicted molar refractivity (Wildman–Crippen MR) is 145 cm³/mol. The Kier molecular flexibility index (Phi) is 5.77. The Balaban J connectivity index is 1.38. The van der Waals surface area contributed by atoms with Crippen LogP contribution in [-0.2, 0) is 39.5 Å². The lowest BCUT2D eigenvalue weighted by Gasteiger charge is -2.31. The maximum absolute atomic E-state index is 15.1. The van der Waals surface area contributed by atoms with E-state index in [1.807, 2.05) is 6.92 Å². The van der Waals surface area contributed by atoms with Gasteiger partial charge in [0.1, 0.15) is 18.2 Å². The second-order valence-corrected chi connectivity index (χ2v) is 11.8. The lowest BCUT2D eigenvalue weighted by molar-refractivity contribution is -0.172. The van der Waals surface area contributed by atoms with Gasteiger partial charge in [-0.1, -0.05) is 6.92 Å². The molecule has 40 heavy (non-hydrogen) atoms. The SMILES string of the molecule is CC[C@]1(O)C(=O)OCc2c1cc1n(c2=O)Cc2c-1nc1cc(F)c(C)c3c1c2[C@H](CCCC(=O)C1CNC1)CC3. The summed E-state index contributed by atoms with van der Waals surface area (Å²) in [4.78, 5) is 43.7. The van der Waals surface area contributed by atoms with Crippen molar-refractivity contribution < 1.29 is 23.8 Å². The average Bonchev–Trinajstić information content (AvgIpc) is 3.28. The third-order valence-corrected chi connectivity index (χ3v) is 9.71. The number of carbonyl (C=O) groups excluding carboxylic acids is 2. The van der Waals surface area contributed by atoms with Crippen LogP contribution in [0.2, 0.25) is 0 Å². The first kappa shape index (κ1) is 25.5. The van der Waals surface area contributed by atoms with Crippen LogP contribution in [0.1, 0.15) is 78.3 Å². The molecule has 0 unspecified atom stereocenters. The maximum atomic E-state index is 15.1. The minimum Gasteiger partial charge on any atom is -0.458 e. The molecule has 0 radical (unpaired) electrons. The van der Waals surface area contributed by atoms with Crippen LogP contribution in [0.3, 0.4) is 0 Å². The standard InChI is InChI=1S/C31H32FN3O5/c1-3-31(39)21-9-24-28-19(13-35(24)29(37)20(21)14-40-30(31)38)26-16(5-4-6-25(36)17-11-33-12-17)7-8-18-15(2)22(32)10-23(34-28)27(18)26/h9-10,16-17,33,39H,3-8,11-14H2,1-2H3/t16-,31-/m1/s1. The number of aliphatic hydroxyl groups is 1. The highest BCUT2D eigenvalue weighted by Gasteiger charge is 2.46. The lowest BCUT2D eigenvalue weighted by Crippen LogP contribution is -2.46. The first-order valence-electron chi connectivity index (χ1n) is 14.3. The highest BCUT2D eigenvalue weighted by molar-refractivity contribution is 5.93. The summed E-state index contributed by atoms with van der Waals surface area (Å²) < 4.78 is 21.9. The van der Waals surface area contributed by atoms with E-state index in [1.54, 1.807) is 17.6 Å². The van der Waals surface area contributed by atoms with Gasteiger partial charge in [-0.25, -0.2) is 14.2 Å². The third-order valence-electron chi connectivity index (χ3n) is 9.71. The van der Waals surface area contributed by atoms with Gasteiger partial charge in [-0.3, -0.25) is 9.59 Å². The van der Waals surface area contributed by atoms with Gasteiger partial charge in [0.25, 0.3) is 5.56 Å². The van der Waals surface area contributed by atoms with Gasteiger partial charge in [-0.05, 0) is 67.7 Å². The third kappa shape index (κ3) is 3.50. The number of Topliss-reactive ketones (excluding diaryl/α,β-unsaturated/α-hetero) is 1. The fourth-order valence-electron chi connectivity index (χ4n) is 7.18. The van der Waals surface area contributed by atoms with Gasteiger partial charge >= 0.3 is 5.97 Å². The molecule has 7 rings (SSSR count). The number of carbonyl (C=O) groups is 2. The first-order valence-corrected chi connectivity index (χ1v) is 14.3. The number of hydrogen-bond acceptors (Lipinski definition) is 7. The molecule has 8 nitrogen and oxygen atoms in total. The number of fused-ring (bicyclic) bond motifs is 5. The zero-order valence-electron chi connectivity index (χ0n) is 22.7. The van der Waals surface area contributed by atoms with E-state index < -0.39 is 11.6 Å². The minimum atomic E-state index is -1.91. The molecule has 208 valence electrons. The van der Waals surface area contributed by atoms with Gasteiger partial charge in [0, 0.05) is 48.0 Å². The average molecular weight is 546 g/mol. The van der Waals surface area contributed by atoms with Crippen molar-refractivity contribution >= 4 is 22.7 Å². The highest BCUT2D eigenvalue weighted by atomic mass is 19.1. The van der Waals surface area contributed by atoms with E-state index in [9.17, 15) is 19.5 Å². The van der Waals surface area contributed by atoms with Crippen LogP contribution in [0.25, 0.3) is 22.3 Å². The van der Waals surface area contributed by atoms with Crippen molar-refractivity contribution in [2.24, 2.45) is 5.92 Å². The molecule has 0 amide bonds. The number of pyridine rings is 2. The Hall–Kier alpha value is -3.43. The Labute approximate surface area is 230 Å². The second-order valence-electron chi connectivity index (χ2n) is 11.8. The zero-order chi connectivity index (χ0) is 27.9. The summed E-state index contributed by atoms with van der Waals surface area (Å²) in [6.07, 6.45) is 3.79. The zero-order valence-corrected chi connectivity index (χ0v) is 22.7. The van der Waals surface area contributed by atoms with Crippen LogP contribution in [0.15, 0.2) is 16.9 Å². The molecule has 4 aliphatic rings. The van der Waals surface area contributed by atoms with Crippen LogP contribution >= 0.6 is 0 Å². The van der Waals surface area contributed by atoms with Crippen molar-refractivity contribution in [2.75, 3.05) is 13.1 Å². The molecule has 3 aliphatic heterocycles. The Morgan fingerprint density at radius 2 is 2.05 bits per heavy atom. The van der Waals surface area contributed by atoms with Crippen LogP contribution in [0.4, 0.5) is 4.39 Å². The molecule has 2 aromatic heterocycles. The van der Waals surface area contributed by atoms with Crippen LogP contribution < -0.4 is 10.9 Å². The smallest absolute Gasteiger partial charge is 0.343 e. The fourth-order valence-corrected chi connectivity index (χ4v) is 7.18. The summed E-state index contributed by atoms with van der Waals surface area (Å²) in [6.45, 7) is 5.14. The van der Waals surface area contributed by atoms with Gasteiger partial charge < -0.3 is 19.7 Å². The second kappa shape index (κ2) is 9.04. The van der Waals surface area contributed by atoms with Crippen LogP contribution in [0, 0.1) is 18.7 Å². The van der Waals surface area contributed by atoms with Crippen molar-refractivity contribution in [1.29, 1.82) is 0 Å². The molecule has 1 saturated heterocycles. The van der Waals surface area contributed by atoms with Gasteiger partial charge in [0.15, 0.2) is 5.60 Å². The van der Waals surface area contributed by atoms with Crippen molar-refractivity contribution in [3.05, 3.63) is 61.7 Å². The molecular formula is C31H32FN3O5. The Morgan fingerprint density at radius 3 is 2.77 bits per heavy atom. The number of aryl methyl sites for hydroxylation is 1. The van der Waals surface area contributed by atoms with Gasteiger partial charge in [-0.15, -0.1) is 0 Å². The molecule has 0 bridgehead atoms. The van der Waals surface area contributed by atoms with E-state index in [-0.39, 0.29) is 47.4 Å². The number of benzene rings is 1. The quantitative estimate of drug-likeness (QED) is 0.357.